The Kier molecular flexibility index (Phi) is 4.04. The number of carboxylic acid groups (broad SMARTS) is 1. The van der Waals surface area contributed by atoms with Crippen LogP contribution >= 0.6 is 0 Å². The van der Waals surface area contributed by atoms with Crippen molar-refractivity contribution in [2.75, 3.05) is 13.6 Å². The van der Waals surface area contributed by atoms with Crippen LogP contribution in [0.4, 0.5) is 0 Å². The first kappa shape index (κ1) is 12.2. The molecule has 0 bridgehead atoms. The third-order valence-corrected chi connectivity index (χ3v) is 2.25. The van der Waals surface area contributed by atoms with Crippen LogP contribution in [0.3, 0.4) is 0 Å². The smallest absolute Gasteiger partial charge is 0.308 e. The number of rotatable bonds is 5. The average Bonchev–Trinajstić information content (AvgIpc) is 2.69. The molecule has 0 fully saturated rings. The number of likely N-dealkylation sites (N-methyl/N-ethyl adjacent to an activating group) is 1. The summed E-state index contributed by atoms with van der Waals surface area (Å²) in [6.45, 7) is 1.91. The first-order valence-electron chi connectivity index (χ1n) is 4.95. The Hall–Kier alpha value is -1.85. The molecule has 0 aliphatic carbocycles. The highest BCUT2D eigenvalue weighted by atomic mass is 16.4. The van der Waals surface area contributed by atoms with Crippen LogP contribution in [0.15, 0.2) is 18.5 Å². The van der Waals surface area contributed by atoms with Crippen molar-refractivity contribution in [1.82, 2.24) is 14.7 Å². The van der Waals surface area contributed by atoms with Gasteiger partial charge in [0.2, 0.25) is 5.91 Å². The van der Waals surface area contributed by atoms with Crippen LogP contribution in [-0.2, 0) is 16.1 Å². The molecule has 0 aliphatic heterocycles. The van der Waals surface area contributed by atoms with Crippen molar-refractivity contribution >= 4 is 11.9 Å². The van der Waals surface area contributed by atoms with E-state index < -0.39 is 11.9 Å². The van der Waals surface area contributed by atoms with Crippen LogP contribution < -0.4 is 0 Å². The van der Waals surface area contributed by atoms with Crippen LogP contribution in [0.2, 0.25) is 0 Å². The third kappa shape index (κ3) is 3.38. The highest BCUT2D eigenvalue weighted by Gasteiger charge is 2.17. The van der Waals surface area contributed by atoms with Crippen molar-refractivity contribution in [3.05, 3.63) is 18.5 Å². The minimum absolute atomic E-state index is 0.135. The van der Waals surface area contributed by atoms with E-state index in [0.717, 1.165) is 0 Å². The molecule has 0 saturated heterocycles. The van der Waals surface area contributed by atoms with Gasteiger partial charge in [0.05, 0.1) is 5.92 Å². The van der Waals surface area contributed by atoms with Crippen LogP contribution in [-0.4, -0.2) is 45.3 Å². The number of aromatic nitrogens is 2. The van der Waals surface area contributed by atoms with Gasteiger partial charge < -0.3 is 10.0 Å². The SMILES string of the molecule is CC(CN(C)C(=O)Cn1cccn1)C(=O)O. The van der Waals surface area contributed by atoms with Crippen molar-refractivity contribution < 1.29 is 14.7 Å². The van der Waals surface area contributed by atoms with E-state index in [1.807, 2.05) is 0 Å². The lowest BCUT2D eigenvalue weighted by Gasteiger charge is -2.19. The van der Waals surface area contributed by atoms with E-state index in [1.165, 1.54) is 9.58 Å². The molecule has 1 aromatic heterocycles. The Bertz CT molecular complexity index is 361. The van der Waals surface area contributed by atoms with E-state index in [-0.39, 0.29) is 19.0 Å². The fourth-order valence-corrected chi connectivity index (χ4v) is 1.24. The summed E-state index contributed by atoms with van der Waals surface area (Å²) in [5.41, 5.74) is 0. The van der Waals surface area contributed by atoms with E-state index in [4.69, 9.17) is 5.11 Å². The number of aliphatic carboxylic acids is 1. The molecule has 0 aliphatic rings. The summed E-state index contributed by atoms with van der Waals surface area (Å²) in [4.78, 5) is 23.7. The molecule has 1 N–H and O–H groups in total. The number of hydrogen-bond donors (Lipinski definition) is 1. The van der Waals surface area contributed by atoms with Crippen LogP contribution in [0.5, 0.6) is 0 Å². The Labute approximate surface area is 93.5 Å². The van der Waals surface area contributed by atoms with Gasteiger partial charge in [0, 0.05) is 26.0 Å². The van der Waals surface area contributed by atoms with Gasteiger partial charge in [0.15, 0.2) is 0 Å². The Morgan fingerprint density at radius 3 is 2.75 bits per heavy atom. The molecule has 0 spiro atoms. The second-order valence-corrected chi connectivity index (χ2v) is 3.72. The molecule has 6 nitrogen and oxygen atoms in total. The summed E-state index contributed by atoms with van der Waals surface area (Å²) < 4.78 is 1.50. The lowest BCUT2D eigenvalue weighted by molar-refractivity contribution is -0.142. The monoisotopic (exact) mass is 225 g/mol. The Morgan fingerprint density at radius 2 is 2.25 bits per heavy atom. The molecule has 1 rings (SSSR count). The van der Waals surface area contributed by atoms with Crippen molar-refractivity contribution in [2.45, 2.75) is 13.5 Å². The van der Waals surface area contributed by atoms with Crippen molar-refractivity contribution in [3.63, 3.8) is 0 Å². The molecular formula is C10H15N3O3. The van der Waals surface area contributed by atoms with Gasteiger partial charge in [-0.3, -0.25) is 14.3 Å². The van der Waals surface area contributed by atoms with Crippen LogP contribution in [0.1, 0.15) is 6.92 Å². The number of carboxylic acids is 1. The second kappa shape index (κ2) is 5.29. The summed E-state index contributed by atoms with van der Waals surface area (Å²) in [5.74, 6) is -1.62. The molecule has 1 amide bonds. The maximum Gasteiger partial charge on any atom is 0.308 e. The molecule has 1 heterocycles. The summed E-state index contributed by atoms with van der Waals surface area (Å²) in [7, 11) is 1.59. The zero-order valence-electron chi connectivity index (χ0n) is 9.33. The van der Waals surface area contributed by atoms with Gasteiger partial charge >= 0.3 is 5.97 Å². The molecule has 0 radical (unpaired) electrons. The summed E-state index contributed by atoms with van der Waals surface area (Å²) in [6, 6.07) is 1.73. The van der Waals surface area contributed by atoms with Crippen molar-refractivity contribution in [2.24, 2.45) is 5.92 Å². The third-order valence-electron chi connectivity index (χ3n) is 2.25. The highest BCUT2D eigenvalue weighted by Crippen LogP contribution is 1.99. The molecular weight excluding hydrogens is 210 g/mol. The van der Waals surface area contributed by atoms with Gasteiger partial charge in [-0.1, -0.05) is 6.92 Å². The van der Waals surface area contributed by atoms with E-state index in [9.17, 15) is 9.59 Å². The molecule has 88 valence electrons. The highest BCUT2D eigenvalue weighted by molar-refractivity contribution is 5.77. The Morgan fingerprint density at radius 1 is 1.56 bits per heavy atom. The van der Waals surface area contributed by atoms with Gasteiger partial charge in [0.1, 0.15) is 6.54 Å². The average molecular weight is 225 g/mol. The van der Waals surface area contributed by atoms with Gasteiger partial charge in [-0.15, -0.1) is 0 Å². The minimum atomic E-state index is -0.904. The predicted octanol–water partition coefficient (Wildman–Crippen LogP) is 0.0622. The molecule has 1 atom stereocenters. The molecule has 0 saturated carbocycles. The number of amides is 1. The lowest BCUT2D eigenvalue weighted by Crippen LogP contribution is -2.35. The summed E-state index contributed by atoms with van der Waals surface area (Å²) >= 11 is 0. The normalized spacial score (nSPS) is 12.1. The fraction of sp³-hybridized carbons (Fsp3) is 0.500. The quantitative estimate of drug-likeness (QED) is 0.769. The van der Waals surface area contributed by atoms with Gasteiger partial charge in [-0.25, -0.2) is 0 Å². The molecule has 1 unspecified atom stereocenters. The van der Waals surface area contributed by atoms with Gasteiger partial charge in [-0.2, -0.15) is 5.10 Å². The maximum absolute atomic E-state index is 11.6. The topological polar surface area (TPSA) is 75.4 Å². The molecule has 6 heteroatoms. The number of carbonyl (C=O) groups excluding carboxylic acids is 1. The van der Waals surface area contributed by atoms with E-state index in [0.29, 0.717) is 0 Å². The zero-order valence-corrected chi connectivity index (χ0v) is 9.33. The largest absolute Gasteiger partial charge is 0.481 e. The molecule has 16 heavy (non-hydrogen) atoms. The number of carbonyl (C=O) groups is 2. The van der Waals surface area contributed by atoms with Crippen LogP contribution in [0, 0.1) is 5.92 Å². The number of nitrogens with zero attached hydrogens (tertiary/aromatic N) is 3. The fourth-order valence-electron chi connectivity index (χ4n) is 1.24. The van der Waals surface area contributed by atoms with Crippen molar-refractivity contribution in [3.8, 4) is 0 Å². The standard InChI is InChI=1S/C10H15N3O3/c1-8(10(15)16)6-12(2)9(14)7-13-5-3-4-11-13/h3-5,8H,6-7H2,1-2H3,(H,15,16). The summed E-state index contributed by atoms with van der Waals surface area (Å²) in [6.07, 6.45) is 3.28. The van der Waals surface area contributed by atoms with Gasteiger partial charge in [0.25, 0.3) is 0 Å². The van der Waals surface area contributed by atoms with Gasteiger partial charge in [-0.05, 0) is 6.07 Å². The number of hydrogen-bond acceptors (Lipinski definition) is 3. The second-order valence-electron chi connectivity index (χ2n) is 3.72. The minimum Gasteiger partial charge on any atom is -0.481 e. The van der Waals surface area contributed by atoms with E-state index in [1.54, 1.807) is 32.4 Å². The maximum atomic E-state index is 11.6. The van der Waals surface area contributed by atoms with E-state index >= 15 is 0 Å². The van der Waals surface area contributed by atoms with E-state index in [2.05, 4.69) is 5.10 Å². The Balaban J connectivity index is 2.45. The first-order valence-corrected chi connectivity index (χ1v) is 4.95. The first-order chi connectivity index (χ1) is 7.50. The van der Waals surface area contributed by atoms with Crippen molar-refractivity contribution in [1.29, 1.82) is 0 Å². The lowest BCUT2D eigenvalue weighted by atomic mass is 10.2. The van der Waals surface area contributed by atoms with Crippen LogP contribution in [0.25, 0.3) is 0 Å². The zero-order chi connectivity index (χ0) is 12.1. The predicted molar refractivity (Wildman–Crippen MR) is 56.7 cm³/mol. The molecule has 1 aromatic rings. The molecule has 0 aromatic carbocycles. The summed E-state index contributed by atoms with van der Waals surface area (Å²) in [5, 5.41) is 12.6.